The minimum absolute atomic E-state index is 0.748. The van der Waals surface area contributed by atoms with Crippen LogP contribution in [0.2, 0.25) is 5.02 Å². The SMILES string of the molecule is CCC1=C(C)Sc2ccccc2C(c2ccc(Cl)cc2)=N1. The molecule has 0 fully saturated rings. The fourth-order valence-electron chi connectivity index (χ4n) is 2.40. The van der Waals surface area contributed by atoms with Crippen molar-refractivity contribution in [3.8, 4) is 0 Å². The lowest BCUT2D eigenvalue weighted by atomic mass is 10.0. The van der Waals surface area contributed by atoms with E-state index in [1.807, 2.05) is 24.3 Å². The van der Waals surface area contributed by atoms with E-state index in [1.54, 1.807) is 11.8 Å². The number of halogens is 1. The van der Waals surface area contributed by atoms with Crippen LogP contribution in [0.4, 0.5) is 0 Å². The van der Waals surface area contributed by atoms with Gasteiger partial charge in [0.1, 0.15) is 0 Å². The molecule has 106 valence electrons. The Bertz CT molecular complexity index is 729. The van der Waals surface area contributed by atoms with Gasteiger partial charge in [-0.25, -0.2) is 0 Å². The van der Waals surface area contributed by atoms with Crippen LogP contribution in [0.1, 0.15) is 31.4 Å². The number of fused-ring (bicyclic) bond motifs is 1. The van der Waals surface area contributed by atoms with Crippen LogP contribution in [-0.4, -0.2) is 5.71 Å². The van der Waals surface area contributed by atoms with Crippen molar-refractivity contribution in [2.24, 2.45) is 4.99 Å². The average Bonchev–Trinajstić information content (AvgIpc) is 2.64. The normalized spacial score (nSPS) is 14.5. The molecule has 0 bridgehead atoms. The van der Waals surface area contributed by atoms with E-state index < -0.39 is 0 Å². The molecule has 0 aromatic heterocycles. The van der Waals surface area contributed by atoms with Gasteiger partial charge in [0.15, 0.2) is 0 Å². The summed E-state index contributed by atoms with van der Waals surface area (Å²) in [6, 6.07) is 16.4. The Balaban J connectivity index is 2.21. The lowest BCUT2D eigenvalue weighted by molar-refractivity contribution is 1.05. The second-order valence-electron chi connectivity index (χ2n) is 4.92. The Kier molecular flexibility index (Phi) is 4.18. The molecule has 0 spiro atoms. The Morgan fingerprint density at radius 2 is 1.76 bits per heavy atom. The van der Waals surface area contributed by atoms with Crippen LogP contribution >= 0.6 is 23.4 Å². The minimum Gasteiger partial charge on any atom is -0.251 e. The number of thioether (sulfide) groups is 1. The molecule has 1 heterocycles. The third-order valence-corrected chi connectivity index (χ3v) is 4.88. The number of hydrogen-bond acceptors (Lipinski definition) is 2. The summed E-state index contributed by atoms with van der Waals surface area (Å²) < 4.78 is 0. The number of aliphatic imine (C=N–C) groups is 1. The topological polar surface area (TPSA) is 12.4 Å². The summed E-state index contributed by atoms with van der Waals surface area (Å²) in [5, 5.41) is 0.748. The van der Waals surface area contributed by atoms with Crippen LogP contribution in [0.25, 0.3) is 0 Å². The summed E-state index contributed by atoms with van der Waals surface area (Å²) in [6.07, 6.45) is 0.934. The van der Waals surface area contributed by atoms with Gasteiger partial charge in [-0.15, -0.1) is 0 Å². The first-order valence-corrected chi connectivity index (χ1v) is 8.20. The molecule has 1 aliphatic rings. The largest absolute Gasteiger partial charge is 0.251 e. The smallest absolute Gasteiger partial charge is 0.0789 e. The molecule has 2 aromatic rings. The summed E-state index contributed by atoms with van der Waals surface area (Å²) in [4.78, 5) is 7.48. The molecule has 3 rings (SSSR count). The number of allylic oxidation sites excluding steroid dienone is 2. The molecular weight excluding hydrogens is 298 g/mol. The maximum absolute atomic E-state index is 6.01. The van der Waals surface area contributed by atoms with Crippen LogP contribution in [-0.2, 0) is 0 Å². The first kappa shape index (κ1) is 14.4. The number of hydrogen-bond donors (Lipinski definition) is 0. The minimum atomic E-state index is 0.748. The highest BCUT2D eigenvalue weighted by Gasteiger charge is 2.17. The van der Waals surface area contributed by atoms with Crippen molar-refractivity contribution < 1.29 is 0 Å². The van der Waals surface area contributed by atoms with Crippen LogP contribution in [0.3, 0.4) is 0 Å². The van der Waals surface area contributed by atoms with Crippen molar-refractivity contribution >= 4 is 29.1 Å². The molecule has 0 saturated heterocycles. The molecule has 21 heavy (non-hydrogen) atoms. The fourth-order valence-corrected chi connectivity index (χ4v) is 3.59. The van der Waals surface area contributed by atoms with Crippen molar-refractivity contribution in [3.05, 3.63) is 75.3 Å². The van der Waals surface area contributed by atoms with Crippen molar-refractivity contribution in [2.45, 2.75) is 25.2 Å². The molecule has 0 saturated carbocycles. The second kappa shape index (κ2) is 6.08. The van der Waals surface area contributed by atoms with Gasteiger partial charge in [0.05, 0.1) is 11.4 Å². The van der Waals surface area contributed by atoms with Crippen molar-refractivity contribution in [2.75, 3.05) is 0 Å². The molecule has 0 aliphatic carbocycles. The van der Waals surface area contributed by atoms with Crippen LogP contribution in [0.5, 0.6) is 0 Å². The Labute approximate surface area is 134 Å². The van der Waals surface area contributed by atoms with Crippen molar-refractivity contribution in [1.29, 1.82) is 0 Å². The summed E-state index contributed by atoms with van der Waals surface area (Å²) in [7, 11) is 0. The molecule has 0 radical (unpaired) electrons. The number of nitrogens with zero attached hydrogens (tertiary/aromatic N) is 1. The maximum Gasteiger partial charge on any atom is 0.0789 e. The van der Waals surface area contributed by atoms with Crippen molar-refractivity contribution in [3.63, 3.8) is 0 Å². The summed E-state index contributed by atoms with van der Waals surface area (Å²) >= 11 is 7.81. The Morgan fingerprint density at radius 1 is 1.05 bits per heavy atom. The van der Waals surface area contributed by atoms with Crippen LogP contribution in [0.15, 0.2) is 69.0 Å². The highest BCUT2D eigenvalue weighted by molar-refractivity contribution is 8.03. The van der Waals surface area contributed by atoms with E-state index in [0.29, 0.717) is 0 Å². The van der Waals surface area contributed by atoms with E-state index in [0.717, 1.165) is 28.4 Å². The molecule has 0 amide bonds. The highest BCUT2D eigenvalue weighted by atomic mass is 35.5. The van der Waals surface area contributed by atoms with Gasteiger partial charge in [-0.05, 0) is 31.5 Å². The summed E-state index contributed by atoms with van der Waals surface area (Å²) in [5.41, 5.74) is 4.48. The quantitative estimate of drug-likeness (QED) is 0.670. The average molecular weight is 314 g/mol. The van der Waals surface area contributed by atoms with E-state index >= 15 is 0 Å². The molecule has 0 atom stereocenters. The summed E-state index contributed by atoms with van der Waals surface area (Å²) in [6.45, 7) is 4.30. The molecular formula is C18H16ClNS. The van der Waals surface area contributed by atoms with Gasteiger partial charge < -0.3 is 0 Å². The van der Waals surface area contributed by atoms with Crippen LogP contribution in [0, 0.1) is 0 Å². The van der Waals surface area contributed by atoms with E-state index in [4.69, 9.17) is 16.6 Å². The van der Waals surface area contributed by atoms with Gasteiger partial charge in [-0.3, -0.25) is 4.99 Å². The maximum atomic E-state index is 6.01. The second-order valence-corrected chi connectivity index (χ2v) is 6.61. The zero-order valence-electron chi connectivity index (χ0n) is 12.1. The predicted octanol–water partition coefficient (Wildman–Crippen LogP) is 5.92. The first-order valence-electron chi connectivity index (χ1n) is 7.00. The molecule has 2 aromatic carbocycles. The first-order chi connectivity index (χ1) is 10.2. The molecule has 1 aliphatic heterocycles. The Morgan fingerprint density at radius 3 is 2.48 bits per heavy atom. The van der Waals surface area contributed by atoms with E-state index in [1.165, 1.54) is 15.4 Å². The van der Waals surface area contributed by atoms with Crippen LogP contribution < -0.4 is 0 Å². The Hall–Kier alpha value is -1.51. The third kappa shape index (κ3) is 2.92. The lowest BCUT2D eigenvalue weighted by Gasteiger charge is -2.09. The zero-order chi connectivity index (χ0) is 14.8. The fraction of sp³-hybridized carbons (Fsp3) is 0.167. The van der Waals surface area contributed by atoms with Crippen molar-refractivity contribution in [1.82, 2.24) is 0 Å². The van der Waals surface area contributed by atoms with Gasteiger partial charge in [0, 0.05) is 26.0 Å². The van der Waals surface area contributed by atoms with E-state index in [9.17, 15) is 0 Å². The van der Waals surface area contributed by atoms with Gasteiger partial charge in [-0.1, -0.05) is 60.6 Å². The lowest BCUT2D eigenvalue weighted by Crippen LogP contribution is -2.04. The van der Waals surface area contributed by atoms with Gasteiger partial charge in [0.25, 0.3) is 0 Å². The monoisotopic (exact) mass is 313 g/mol. The molecule has 3 heteroatoms. The zero-order valence-corrected chi connectivity index (χ0v) is 13.6. The summed E-state index contributed by atoms with van der Waals surface area (Å²) in [5.74, 6) is 0. The van der Waals surface area contributed by atoms with Gasteiger partial charge in [-0.2, -0.15) is 0 Å². The number of rotatable bonds is 2. The highest BCUT2D eigenvalue weighted by Crippen LogP contribution is 2.37. The number of benzene rings is 2. The van der Waals surface area contributed by atoms with E-state index in [-0.39, 0.29) is 0 Å². The van der Waals surface area contributed by atoms with Gasteiger partial charge >= 0.3 is 0 Å². The van der Waals surface area contributed by atoms with E-state index in [2.05, 4.69) is 38.1 Å². The van der Waals surface area contributed by atoms with Gasteiger partial charge in [0.2, 0.25) is 0 Å². The third-order valence-electron chi connectivity index (χ3n) is 3.51. The standard InChI is InChI=1S/C18H16ClNS/c1-3-16-12(2)21-17-7-5-4-6-15(17)18(20-16)13-8-10-14(19)11-9-13/h4-11H,3H2,1-2H3. The molecule has 1 nitrogen and oxygen atoms in total. The molecule has 0 unspecified atom stereocenters. The molecule has 0 N–H and O–H groups in total. The predicted molar refractivity (Wildman–Crippen MR) is 92.4 cm³/mol.